The predicted octanol–water partition coefficient (Wildman–Crippen LogP) is 11.6. The number of hydrogen-bond acceptors (Lipinski definition) is 13. The highest BCUT2D eigenvalue weighted by atomic mass is 16.7. The molecule has 372 valence electrons. The lowest BCUT2D eigenvalue weighted by Gasteiger charge is -2.60. The number of rotatable bonds is 20. The summed E-state index contributed by atoms with van der Waals surface area (Å²) in [5.41, 5.74) is 1.97. The molecule has 5 aromatic rings. The average Bonchev–Trinajstić information content (AvgIpc) is 3.35. The number of carbonyl (C=O) groups excluding carboxylic acids is 1. The van der Waals surface area contributed by atoms with Gasteiger partial charge in [0.1, 0.15) is 34.6 Å². The summed E-state index contributed by atoms with van der Waals surface area (Å²) in [5, 5.41) is 50.3. The Morgan fingerprint density at radius 1 is 0.859 bits per heavy atom. The number of nitro groups is 2. The van der Waals surface area contributed by atoms with E-state index in [0.29, 0.717) is 42.9 Å². The van der Waals surface area contributed by atoms with Crippen molar-refractivity contribution in [2.45, 2.75) is 95.6 Å². The molecular weight excluding hydrogens is 909 g/mol. The molecule has 8 rings (SSSR count). The van der Waals surface area contributed by atoms with Gasteiger partial charge in [-0.15, -0.1) is 6.58 Å². The summed E-state index contributed by atoms with van der Waals surface area (Å²) >= 11 is 0. The molecule has 0 saturated heterocycles. The standard InChI is InChI=1S/C55H60N4O12/c1-5-30-67-55-50(57(35-38-17-12-16-36-14-6-7-20-44(36)38)53(62)69-41-24-22-39(23-25-41)58(63)64)34-48(56-71-54(2,3)4)46-31-37(15-8-10-28-60)45(21-9-11-29-61)51(52(46)55)47-33-43(26-27-49(47)70-55)68-42-19-13-18-40(32-42)59(65)66/h5-7,12-14,16-20,22-27,31-33,37,45,50-52,60-61H,1,8-11,15,21,28-30,34-35H2,2-4H3/t37-,45+,50-,51+,52+,55+/m0/s1. The van der Waals surface area contributed by atoms with Crippen molar-refractivity contribution in [2.24, 2.45) is 22.9 Å². The zero-order chi connectivity index (χ0) is 50.3. The quantitative estimate of drug-likeness (QED) is 0.0323. The van der Waals surface area contributed by atoms with Gasteiger partial charge in [-0.2, -0.15) is 0 Å². The molecule has 1 heterocycles. The second-order valence-electron chi connectivity index (χ2n) is 19.2. The number of aliphatic hydroxyl groups is 2. The maximum Gasteiger partial charge on any atom is 0.416 e. The van der Waals surface area contributed by atoms with Crippen molar-refractivity contribution in [3.63, 3.8) is 0 Å². The van der Waals surface area contributed by atoms with Crippen molar-refractivity contribution in [3.8, 4) is 23.0 Å². The highest BCUT2D eigenvalue weighted by molar-refractivity contribution is 6.03. The molecule has 16 heteroatoms. The van der Waals surface area contributed by atoms with Crippen LogP contribution in [0.1, 0.15) is 82.8 Å². The van der Waals surface area contributed by atoms with Crippen LogP contribution in [0.2, 0.25) is 0 Å². The van der Waals surface area contributed by atoms with Gasteiger partial charge in [0.2, 0.25) is 5.79 Å². The Bertz CT molecular complexity index is 2800. The van der Waals surface area contributed by atoms with Crippen LogP contribution < -0.4 is 14.2 Å². The third-order valence-electron chi connectivity index (χ3n) is 13.4. The first-order chi connectivity index (χ1) is 34.2. The molecule has 71 heavy (non-hydrogen) atoms. The van der Waals surface area contributed by atoms with E-state index in [0.717, 1.165) is 40.3 Å². The maximum absolute atomic E-state index is 15.3. The molecule has 0 aromatic heterocycles. The van der Waals surface area contributed by atoms with Crippen LogP contribution in [0.5, 0.6) is 23.0 Å². The highest BCUT2D eigenvalue weighted by Crippen LogP contribution is 2.62. The van der Waals surface area contributed by atoms with Crippen molar-refractivity contribution in [1.29, 1.82) is 0 Å². The van der Waals surface area contributed by atoms with Crippen molar-refractivity contribution < 1.29 is 48.6 Å². The molecule has 1 fully saturated rings. The zero-order valence-corrected chi connectivity index (χ0v) is 40.2. The molecule has 0 unspecified atom stereocenters. The number of amides is 1. The number of benzene rings is 5. The van der Waals surface area contributed by atoms with Gasteiger partial charge in [-0.25, -0.2) is 4.79 Å². The van der Waals surface area contributed by atoms with Gasteiger partial charge in [0, 0.05) is 49.3 Å². The minimum absolute atomic E-state index is 0.00733. The number of carbonyl (C=O) groups is 1. The molecule has 3 aliphatic rings. The fourth-order valence-corrected chi connectivity index (χ4v) is 10.4. The van der Waals surface area contributed by atoms with Crippen LogP contribution >= 0.6 is 0 Å². The Balaban J connectivity index is 1.37. The number of allylic oxidation sites excluding steroid dienone is 1. The summed E-state index contributed by atoms with van der Waals surface area (Å²) < 4.78 is 27.2. The van der Waals surface area contributed by atoms with E-state index in [9.17, 15) is 30.4 Å². The summed E-state index contributed by atoms with van der Waals surface area (Å²) in [4.78, 5) is 45.6. The van der Waals surface area contributed by atoms with Gasteiger partial charge in [-0.1, -0.05) is 78.7 Å². The van der Waals surface area contributed by atoms with E-state index in [-0.39, 0.29) is 67.5 Å². The fraction of sp³-hybridized carbons (Fsp3) is 0.382. The van der Waals surface area contributed by atoms with Crippen LogP contribution in [0.4, 0.5) is 16.2 Å². The average molecular weight is 969 g/mol. The van der Waals surface area contributed by atoms with E-state index in [2.05, 4.69) is 12.7 Å². The third-order valence-corrected chi connectivity index (χ3v) is 13.4. The molecular formula is C55H60N4O12. The molecule has 16 nitrogen and oxygen atoms in total. The molecule has 0 bridgehead atoms. The van der Waals surface area contributed by atoms with E-state index < -0.39 is 45.2 Å². The van der Waals surface area contributed by atoms with Gasteiger partial charge in [-0.3, -0.25) is 25.1 Å². The van der Waals surface area contributed by atoms with E-state index in [1.165, 1.54) is 36.4 Å². The number of hydrogen-bond donors (Lipinski definition) is 2. The van der Waals surface area contributed by atoms with Crippen molar-refractivity contribution in [1.82, 2.24) is 4.90 Å². The highest BCUT2D eigenvalue weighted by Gasteiger charge is 2.66. The molecule has 5 aromatic carbocycles. The van der Waals surface area contributed by atoms with Crippen LogP contribution in [0.25, 0.3) is 10.8 Å². The van der Waals surface area contributed by atoms with Gasteiger partial charge in [-0.05, 0) is 117 Å². The number of ether oxygens (including phenoxy) is 4. The minimum Gasteiger partial charge on any atom is -0.459 e. The van der Waals surface area contributed by atoms with Gasteiger partial charge in [0.05, 0.1) is 40.7 Å². The molecule has 2 N–H and O–H groups in total. The maximum atomic E-state index is 15.3. The molecule has 2 aliphatic carbocycles. The van der Waals surface area contributed by atoms with Crippen LogP contribution in [-0.4, -0.2) is 74.0 Å². The molecule has 6 atom stereocenters. The number of non-ortho nitro benzene ring substituents is 2. The number of fused-ring (bicyclic) bond motifs is 3. The summed E-state index contributed by atoms with van der Waals surface area (Å²) in [5.74, 6) is -1.69. The van der Waals surface area contributed by atoms with Gasteiger partial charge < -0.3 is 34.0 Å². The van der Waals surface area contributed by atoms with E-state index in [4.69, 9.17) is 28.9 Å². The number of unbranched alkanes of at least 4 members (excludes halogenated alkanes) is 2. The molecule has 1 aliphatic heterocycles. The number of aliphatic hydroxyl groups excluding tert-OH is 2. The van der Waals surface area contributed by atoms with Crippen molar-refractivity contribution >= 4 is 34.0 Å². The lowest BCUT2D eigenvalue weighted by molar-refractivity contribution is -0.385. The topological polar surface area (TPSA) is 206 Å². The molecule has 0 radical (unpaired) electrons. The van der Waals surface area contributed by atoms with Crippen LogP contribution in [0.3, 0.4) is 0 Å². The lowest BCUT2D eigenvalue weighted by atomic mass is 9.55. The SMILES string of the molecule is C=CCO[C@@]12Oc3ccc(Oc4cccc([N+](=O)[O-])c4)cc3[C@H]3[C@H](CCCCO)[C@@H](CCCCO)C=C(C(=NOC(C)(C)C)C[C@@H]1N(Cc1cccc4ccccc14)C(=O)Oc1ccc([N+](=O)[O-])cc1)[C@H]32. The largest absolute Gasteiger partial charge is 0.459 e. The fourth-order valence-electron chi connectivity index (χ4n) is 10.4. The summed E-state index contributed by atoms with van der Waals surface area (Å²) in [6.07, 6.45) is 7.17. The van der Waals surface area contributed by atoms with Crippen molar-refractivity contribution in [2.75, 3.05) is 19.8 Å². The van der Waals surface area contributed by atoms with Crippen molar-refractivity contribution in [3.05, 3.63) is 165 Å². The Labute approximate surface area is 412 Å². The number of nitro benzene ring substituents is 2. The smallest absolute Gasteiger partial charge is 0.416 e. The van der Waals surface area contributed by atoms with Crippen LogP contribution in [0, 0.1) is 38.0 Å². The lowest BCUT2D eigenvalue weighted by Crippen LogP contribution is -2.70. The molecule has 1 amide bonds. The van der Waals surface area contributed by atoms with Crippen LogP contribution in [-0.2, 0) is 16.1 Å². The van der Waals surface area contributed by atoms with Crippen LogP contribution in [0.15, 0.2) is 139 Å². The third kappa shape index (κ3) is 11.1. The van der Waals surface area contributed by atoms with E-state index >= 15 is 4.79 Å². The monoisotopic (exact) mass is 968 g/mol. The van der Waals surface area contributed by atoms with E-state index in [1.807, 2.05) is 69.3 Å². The Morgan fingerprint density at radius 2 is 1.55 bits per heavy atom. The predicted molar refractivity (Wildman–Crippen MR) is 268 cm³/mol. The Morgan fingerprint density at radius 3 is 2.27 bits per heavy atom. The molecule has 1 saturated carbocycles. The summed E-state index contributed by atoms with van der Waals surface area (Å²) in [6, 6.07) is 29.5. The normalized spacial score (nSPS) is 21.8. The minimum atomic E-state index is -1.66. The summed E-state index contributed by atoms with van der Waals surface area (Å²) in [7, 11) is 0. The second kappa shape index (κ2) is 21.9. The zero-order valence-electron chi connectivity index (χ0n) is 40.2. The Hall–Kier alpha value is -7.14. The Kier molecular flexibility index (Phi) is 15.5. The van der Waals surface area contributed by atoms with Gasteiger partial charge >= 0.3 is 6.09 Å². The molecule has 0 spiro atoms. The first kappa shape index (κ1) is 50.3. The van der Waals surface area contributed by atoms with E-state index in [1.54, 1.807) is 35.2 Å². The van der Waals surface area contributed by atoms with Gasteiger partial charge in [0.15, 0.2) is 0 Å². The number of nitrogens with zero attached hydrogens (tertiary/aromatic N) is 4. The summed E-state index contributed by atoms with van der Waals surface area (Å²) in [6.45, 7) is 9.81. The van der Waals surface area contributed by atoms with Gasteiger partial charge in [0.25, 0.3) is 11.4 Å². The second-order valence-corrected chi connectivity index (χ2v) is 19.2. The number of oxime groups is 1. The first-order valence-corrected chi connectivity index (χ1v) is 24.1. The first-order valence-electron chi connectivity index (χ1n) is 24.1.